The Bertz CT molecular complexity index is 802. The van der Waals surface area contributed by atoms with Crippen LogP contribution in [0.25, 0.3) is 0 Å². The fourth-order valence-corrected chi connectivity index (χ4v) is 3.43. The molecule has 1 atom stereocenters. The average Bonchev–Trinajstić information content (AvgIpc) is 3.13. The van der Waals surface area contributed by atoms with E-state index in [0.29, 0.717) is 39.3 Å². The summed E-state index contributed by atoms with van der Waals surface area (Å²) in [5.74, 6) is -0.120. The van der Waals surface area contributed by atoms with Gasteiger partial charge in [-0.05, 0) is 36.5 Å². The van der Waals surface area contributed by atoms with Crippen LogP contribution in [0.3, 0.4) is 0 Å². The van der Waals surface area contributed by atoms with Crippen molar-refractivity contribution >= 4 is 40.8 Å². The predicted molar refractivity (Wildman–Crippen MR) is 111 cm³/mol. The number of anilines is 2. The van der Waals surface area contributed by atoms with Crippen LogP contribution in [0.4, 0.5) is 16.2 Å². The van der Waals surface area contributed by atoms with Gasteiger partial charge >= 0.3 is 6.09 Å². The molecule has 1 aromatic carbocycles. The van der Waals surface area contributed by atoms with E-state index in [9.17, 15) is 9.59 Å². The molecule has 29 heavy (non-hydrogen) atoms. The molecule has 3 rings (SSSR count). The summed E-state index contributed by atoms with van der Waals surface area (Å²) in [6.07, 6.45) is -0.777. The molecule has 0 bridgehead atoms. The Kier molecular flexibility index (Phi) is 6.72. The Morgan fingerprint density at radius 2 is 1.93 bits per heavy atom. The van der Waals surface area contributed by atoms with Gasteiger partial charge in [-0.1, -0.05) is 0 Å². The number of nitriles is 1. The van der Waals surface area contributed by atoms with Gasteiger partial charge in [0.25, 0.3) is 5.17 Å². The molecule has 2 aliphatic heterocycles. The molecule has 1 unspecified atom stereocenters. The summed E-state index contributed by atoms with van der Waals surface area (Å²) in [5, 5.41) is 11.8. The Hall–Kier alpha value is -3.06. The number of carbonyl (C=O) groups excluding carboxylic acids is 2. The standard InChI is InChI=1S/C19H23N5O4S/c1-27-18(29)21-12-16-13-24(19(26)28-16)15-4-2-14(3-5-15)22-8-10-23(11-9-22)17(25)6-7-20/h2-5,16H,6,8-13H2,1H3,(H,21,29). The van der Waals surface area contributed by atoms with Crippen LogP contribution in [0.5, 0.6) is 0 Å². The molecule has 2 aliphatic rings. The van der Waals surface area contributed by atoms with Gasteiger partial charge in [-0.15, -0.1) is 0 Å². The van der Waals surface area contributed by atoms with Crippen LogP contribution in [0.1, 0.15) is 6.42 Å². The molecular formula is C19H23N5O4S. The number of ether oxygens (including phenoxy) is 2. The van der Waals surface area contributed by atoms with Gasteiger partial charge in [0, 0.05) is 37.6 Å². The molecule has 154 valence electrons. The Labute approximate surface area is 174 Å². The molecule has 10 heteroatoms. The smallest absolute Gasteiger partial charge is 0.414 e. The lowest BCUT2D eigenvalue weighted by Gasteiger charge is -2.36. The van der Waals surface area contributed by atoms with Crippen LogP contribution in [-0.4, -0.2) is 74.6 Å². The summed E-state index contributed by atoms with van der Waals surface area (Å²) in [6, 6.07) is 9.60. The maximum absolute atomic E-state index is 12.2. The van der Waals surface area contributed by atoms with Crippen molar-refractivity contribution in [3.05, 3.63) is 24.3 Å². The number of nitrogens with one attached hydrogen (secondary N) is 1. The molecular weight excluding hydrogens is 394 g/mol. The molecule has 0 aromatic heterocycles. The van der Waals surface area contributed by atoms with Crippen molar-refractivity contribution in [1.82, 2.24) is 10.2 Å². The van der Waals surface area contributed by atoms with E-state index in [1.807, 2.05) is 30.3 Å². The minimum Gasteiger partial charge on any atom is -0.474 e. The first-order valence-electron chi connectivity index (χ1n) is 9.31. The summed E-state index contributed by atoms with van der Waals surface area (Å²) in [6.45, 7) is 3.42. The Balaban J connectivity index is 1.54. The summed E-state index contributed by atoms with van der Waals surface area (Å²) in [7, 11) is 1.48. The normalized spacial score (nSPS) is 18.8. The fourth-order valence-electron chi connectivity index (χ4n) is 3.34. The number of methoxy groups -OCH3 is 1. The minimum atomic E-state index is -0.391. The largest absolute Gasteiger partial charge is 0.474 e. The first-order chi connectivity index (χ1) is 14.0. The molecule has 2 amide bonds. The second-order valence-corrected chi connectivity index (χ2v) is 7.08. The number of hydrogen-bond donors (Lipinski definition) is 1. The predicted octanol–water partition coefficient (Wildman–Crippen LogP) is 1.09. The molecule has 1 aromatic rings. The van der Waals surface area contributed by atoms with Crippen molar-refractivity contribution in [1.29, 1.82) is 5.26 Å². The highest BCUT2D eigenvalue weighted by atomic mass is 32.1. The SMILES string of the molecule is COC(=S)NCC1CN(c2ccc(N3CCN(C(=O)CC#N)CC3)cc2)C(=O)O1. The second kappa shape index (κ2) is 9.43. The van der Waals surface area contributed by atoms with Crippen molar-refractivity contribution in [2.75, 3.05) is 56.2 Å². The number of hydrogen-bond acceptors (Lipinski definition) is 7. The zero-order valence-electron chi connectivity index (χ0n) is 16.2. The number of nitrogens with zero attached hydrogens (tertiary/aromatic N) is 4. The fraction of sp³-hybridized carbons (Fsp3) is 0.474. The number of carbonyl (C=O) groups is 2. The van der Waals surface area contributed by atoms with Crippen LogP contribution in [0.15, 0.2) is 24.3 Å². The molecule has 0 spiro atoms. The lowest BCUT2D eigenvalue weighted by Crippen LogP contribution is -2.48. The maximum Gasteiger partial charge on any atom is 0.414 e. The van der Waals surface area contributed by atoms with E-state index in [1.165, 1.54) is 7.11 Å². The first kappa shape index (κ1) is 20.7. The quantitative estimate of drug-likeness (QED) is 0.711. The summed E-state index contributed by atoms with van der Waals surface area (Å²) in [4.78, 5) is 29.5. The zero-order chi connectivity index (χ0) is 20.8. The third-order valence-corrected chi connectivity index (χ3v) is 5.23. The number of amides is 2. The van der Waals surface area contributed by atoms with Gasteiger partial charge in [-0.2, -0.15) is 5.26 Å². The zero-order valence-corrected chi connectivity index (χ0v) is 17.0. The number of piperazine rings is 1. The number of benzene rings is 1. The molecule has 0 radical (unpaired) electrons. The monoisotopic (exact) mass is 417 g/mol. The van der Waals surface area contributed by atoms with E-state index in [2.05, 4.69) is 10.2 Å². The highest BCUT2D eigenvalue weighted by Crippen LogP contribution is 2.25. The number of rotatable bonds is 5. The minimum absolute atomic E-state index is 0.0750. The first-order valence-corrected chi connectivity index (χ1v) is 9.72. The van der Waals surface area contributed by atoms with Crippen molar-refractivity contribution in [2.24, 2.45) is 0 Å². The Morgan fingerprint density at radius 3 is 2.55 bits per heavy atom. The molecule has 0 aliphatic carbocycles. The molecule has 2 fully saturated rings. The third-order valence-electron chi connectivity index (χ3n) is 4.92. The Morgan fingerprint density at radius 1 is 1.28 bits per heavy atom. The van der Waals surface area contributed by atoms with Crippen molar-refractivity contribution in [2.45, 2.75) is 12.5 Å². The van der Waals surface area contributed by atoms with Crippen LogP contribution >= 0.6 is 12.2 Å². The average molecular weight is 417 g/mol. The molecule has 2 saturated heterocycles. The summed E-state index contributed by atoms with van der Waals surface area (Å²) < 4.78 is 10.2. The molecule has 1 N–H and O–H groups in total. The maximum atomic E-state index is 12.2. The summed E-state index contributed by atoms with van der Waals surface area (Å²) in [5.41, 5.74) is 1.79. The van der Waals surface area contributed by atoms with E-state index in [-0.39, 0.29) is 23.6 Å². The van der Waals surface area contributed by atoms with E-state index < -0.39 is 6.09 Å². The van der Waals surface area contributed by atoms with Crippen LogP contribution in [0.2, 0.25) is 0 Å². The highest BCUT2D eigenvalue weighted by Gasteiger charge is 2.32. The second-order valence-electron chi connectivity index (χ2n) is 6.71. The highest BCUT2D eigenvalue weighted by molar-refractivity contribution is 7.80. The van der Waals surface area contributed by atoms with E-state index in [0.717, 1.165) is 11.4 Å². The van der Waals surface area contributed by atoms with Crippen LogP contribution in [-0.2, 0) is 14.3 Å². The van der Waals surface area contributed by atoms with Crippen molar-refractivity contribution in [3.8, 4) is 6.07 Å². The van der Waals surface area contributed by atoms with Gasteiger partial charge in [-0.25, -0.2) is 4.79 Å². The molecule has 0 saturated carbocycles. The van der Waals surface area contributed by atoms with E-state index in [4.69, 9.17) is 27.0 Å². The third kappa shape index (κ3) is 5.06. The lowest BCUT2D eigenvalue weighted by atomic mass is 10.2. The van der Waals surface area contributed by atoms with Crippen molar-refractivity contribution in [3.63, 3.8) is 0 Å². The number of cyclic esters (lactones) is 1. The van der Waals surface area contributed by atoms with E-state index in [1.54, 1.807) is 9.80 Å². The van der Waals surface area contributed by atoms with Crippen LogP contribution in [0, 0.1) is 11.3 Å². The van der Waals surface area contributed by atoms with Gasteiger partial charge in [0.1, 0.15) is 12.5 Å². The topological polar surface area (TPSA) is 98.1 Å². The van der Waals surface area contributed by atoms with Gasteiger partial charge in [0.2, 0.25) is 5.91 Å². The van der Waals surface area contributed by atoms with Crippen LogP contribution < -0.4 is 15.1 Å². The van der Waals surface area contributed by atoms with Gasteiger partial charge in [0.15, 0.2) is 0 Å². The van der Waals surface area contributed by atoms with Gasteiger partial charge in [0.05, 0.1) is 26.3 Å². The number of thiocarbonyl (C=S) groups is 1. The molecule has 2 heterocycles. The van der Waals surface area contributed by atoms with E-state index >= 15 is 0 Å². The van der Waals surface area contributed by atoms with Gasteiger partial charge in [-0.3, -0.25) is 9.69 Å². The lowest BCUT2D eigenvalue weighted by molar-refractivity contribution is -0.130. The molecule has 9 nitrogen and oxygen atoms in total. The summed E-state index contributed by atoms with van der Waals surface area (Å²) >= 11 is 4.93. The van der Waals surface area contributed by atoms with Crippen molar-refractivity contribution < 1.29 is 19.1 Å². The van der Waals surface area contributed by atoms with Gasteiger partial charge < -0.3 is 24.6 Å².